The smallest absolute Gasteiger partial charge is 0.303 e. The minimum atomic E-state index is -0.817. The number of nitrogens with one attached hydrogen (secondary N) is 1. The summed E-state index contributed by atoms with van der Waals surface area (Å²) in [5, 5.41) is 11.7. The number of ether oxygens (including phenoxy) is 1. The van der Waals surface area contributed by atoms with Crippen molar-refractivity contribution in [1.29, 1.82) is 0 Å². The van der Waals surface area contributed by atoms with Crippen LogP contribution in [0.2, 0.25) is 0 Å². The van der Waals surface area contributed by atoms with Gasteiger partial charge in [-0.25, -0.2) is 0 Å². The molecule has 2 N–H and O–H groups in total. The number of carboxylic acid groups (broad SMARTS) is 1. The maximum absolute atomic E-state index is 11.9. The molecule has 5 heteroatoms. The second-order valence-corrected chi connectivity index (χ2v) is 5.50. The Morgan fingerprint density at radius 3 is 2.39 bits per heavy atom. The van der Waals surface area contributed by atoms with Crippen LogP contribution in [0.1, 0.15) is 39.5 Å². The maximum Gasteiger partial charge on any atom is 0.303 e. The Morgan fingerprint density at radius 2 is 2.00 bits per heavy atom. The standard InChI is InChI=1S/C13H23NO4/c1-9(2)6-10(7-11(15)16)8-14-12(17)13(18-3)4-5-13/h9-10H,4-8H2,1-3H3,(H,14,17)(H,15,16)/t10-/m0/s1. The van der Waals surface area contributed by atoms with Crippen LogP contribution in [0.5, 0.6) is 0 Å². The fourth-order valence-electron chi connectivity index (χ4n) is 2.19. The van der Waals surface area contributed by atoms with Crippen LogP contribution in [-0.2, 0) is 14.3 Å². The summed E-state index contributed by atoms with van der Waals surface area (Å²) in [5.41, 5.74) is -0.633. The average molecular weight is 257 g/mol. The first-order valence-corrected chi connectivity index (χ1v) is 6.45. The van der Waals surface area contributed by atoms with Gasteiger partial charge in [-0.1, -0.05) is 13.8 Å². The molecule has 0 radical (unpaired) electrons. The number of carbonyl (C=O) groups excluding carboxylic acids is 1. The fourth-order valence-corrected chi connectivity index (χ4v) is 2.19. The molecule has 0 aromatic rings. The van der Waals surface area contributed by atoms with Gasteiger partial charge < -0.3 is 15.2 Å². The Hall–Kier alpha value is -1.10. The summed E-state index contributed by atoms with van der Waals surface area (Å²) in [6.45, 7) is 4.51. The van der Waals surface area contributed by atoms with Crippen molar-refractivity contribution in [2.75, 3.05) is 13.7 Å². The molecular weight excluding hydrogens is 234 g/mol. The van der Waals surface area contributed by atoms with E-state index in [0.717, 1.165) is 19.3 Å². The quantitative estimate of drug-likeness (QED) is 0.689. The van der Waals surface area contributed by atoms with E-state index in [0.29, 0.717) is 12.5 Å². The molecule has 1 rings (SSSR count). The van der Waals surface area contributed by atoms with E-state index < -0.39 is 11.6 Å². The topological polar surface area (TPSA) is 75.6 Å². The van der Waals surface area contributed by atoms with Gasteiger partial charge in [0.1, 0.15) is 5.60 Å². The number of rotatable bonds is 8. The van der Waals surface area contributed by atoms with Crippen LogP contribution >= 0.6 is 0 Å². The molecule has 0 aliphatic heterocycles. The molecule has 1 saturated carbocycles. The third kappa shape index (κ3) is 4.29. The predicted octanol–water partition coefficient (Wildman–Crippen LogP) is 1.42. The van der Waals surface area contributed by atoms with Crippen LogP contribution in [0.3, 0.4) is 0 Å². The molecule has 0 aromatic carbocycles. The Labute approximate surface area is 108 Å². The first-order chi connectivity index (χ1) is 8.39. The third-order valence-corrected chi connectivity index (χ3v) is 3.33. The van der Waals surface area contributed by atoms with Crippen molar-refractivity contribution >= 4 is 11.9 Å². The average Bonchev–Trinajstić information content (AvgIpc) is 3.04. The van der Waals surface area contributed by atoms with Crippen LogP contribution in [0.15, 0.2) is 0 Å². The minimum absolute atomic E-state index is 0.0147. The van der Waals surface area contributed by atoms with Crippen molar-refractivity contribution in [1.82, 2.24) is 5.32 Å². The molecule has 18 heavy (non-hydrogen) atoms. The van der Waals surface area contributed by atoms with Gasteiger partial charge in [-0.15, -0.1) is 0 Å². The number of carboxylic acids is 1. The Balaban J connectivity index is 2.41. The monoisotopic (exact) mass is 257 g/mol. The molecule has 0 heterocycles. The summed E-state index contributed by atoms with van der Waals surface area (Å²) < 4.78 is 5.18. The first-order valence-electron chi connectivity index (χ1n) is 6.45. The van der Waals surface area contributed by atoms with Crippen molar-refractivity contribution in [3.05, 3.63) is 0 Å². The Bertz CT molecular complexity index is 310. The van der Waals surface area contributed by atoms with Gasteiger partial charge in [0.2, 0.25) is 0 Å². The highest BCUT2D eigenvalue weighted by molar-refractivity contribution is 5.88. The zero-order chi connectivity index (χ0) is 13.8. The van der Waals surface area contributed by atoms with E-state index in [1.807, 2.05) is 13.8 Å². The van der Waals surface area contributed by atoms with Crippen molar-refractivity contribution in [3.8, 4) is 0 Å². The number of amides is 1. The highest BCUT2D eigenvalue weighted by Crippen LogP contribution is 2.38. The lowest BCUT2D eigenvalue weighted by molar-refractivity contribution is -0.139. The Kier molecular flexibility index (Phi) is 5.14. The molecule has 0 aromatic heterocycles. The van der Waals surface area contributed by atoms with Crippen LogP contribution in [-0.4, -0.2) is 36.2 Å². The lowest BCUT2D eigenvalue weighted by Crippen LogP contribution is -2.40. The third-order valence-electron chi connectivity index (χ3n) is 3.33. The van der Waals surface area contributed by atoms with Gasteiger partial charge in [0.25, 0.3) is 5.91 Å². The molecule has 1 aliphatic carbocycles. The van der Waals surface area contributed by atoms with Crippen molar-refractivity contribution in [3.63, 3.8) is 0 Å². The van der Waals surface area contributed by atoms with E-state index in [-0.39, 0.29) is 18.2 Å². The lowest BCUT2D eigenvalue weighted by atomic mass is 9.94. The molecule has 1 fully saturated rings. The molecule has 5 nitrogen and oxygen atoms in total. The van der Waals surface area contributed by atoms with Crippen LogP contribution in [0.4, 0.5) is 0 Å². The number of hydrogen-bond donors (Lipinski definition) is 2. The van der Waals surface area contributed by atoms with Crippen molar-refractivity contribution in [2.45, 2.75) is 45.1 Å². The molecular formula is C13H23NO4. The highest BCUT2D eigenvalue weighted by atomic mass is 16.5. The van der Waals surface area contributed by atoms with Gasteiger partial charge in [0.15, 0.2) is 0 Å². The zero-order valence-corrected chi connectivity index (χ0v) is 11.4. The zero-order valence-electron chi connectivity index (χ0n) is 11.4. The van der Waals surface area contributed by atoms with E-state index in [1.54, 1.807) is 0 Å². The molecule has 1 aliphatic rings. The fraction of sp³-hybridized carbons (Fsp3) is 0.846. The molecule has 0 spiro atoms. The molecule has 1 atom stereocenters. The number of carbonyl (C=O) groups is 2. The summed E-state index contributed by atoms with van der Waals surface area (Å²) in [5.74, 6) is -0.519. The number of hydrogen-bond acceptors (Lipinski definition) is 3. The molecule has 0 bridgehead atoms. The summed E-state index contributed by atoms with van der Waals surface area (Å²) in [6, 6.07) is 0. The number of aliphatic carboxylic acids is 1. The second kappa shape index (κ2) is 6.18. The predicted molar refractivity (Wildman–Crippen MR) is 67.2 cm³/mol. The second-order valence-electron chi connectivity index (χ2n) is 5.50. The van der Waals surface area contributed by atoms with Gasteiger partial charge in [-0.2, -0.15) is 0 Å². The minimum Gasteiger partial charge on any atom is -0.481 e. The van der Waals surface area contributed by atoms with Gasteiger partial charge in [-0.3, -0.25) is 9.59 Å². The SMILES string of the molecule is COC1(C(=O)NC[C@H](CC(=O)O)CC(C)C)CC1. The van der Waals surface area contributed by atoms with E-state index in [9.17, 15) is 9.59 Å². The summed E-state index contributed by atoms with van der Waals surface area (Å²) in [6.07, 6.45) is 2.40. The summed E-state index contributed by atoms with van der Waals surface area (Å²) >= 11 is 0. The van der Waals surface area contributed by atoms with Crippen molar-refractivity contribution < 1.29 is 19.4 Å². The number of methoxy groups -OCH3 is 1. The highest BCUT2D eigenvalue weighted by Gasteiger charge is 2.50. The van der Waals surface area contributed by atoms with E-state index in [1.165, 1.54) is 7.11 Å². The lowest BCUT2D eigenvalue weighted by Gasteiger charge is -2.20. The van der Waals surface area contributed by atoms with Gasteiger partial charge in [0, 0.05) is 20.1 Å². The largest absolute Gasteiger partial charge is 0.481 e. The van der Waals surface area contributed by atoms with E-state index in [4.69, 9.17) is 9.84 Å². The molecule has 104 valence electrons. The maximum atomic E-state index is 11.9. The Morgan fingerprint density at radius 1 is 1.39 bits per heavy atom. The molecule has 0 saturated heterocycles. The van der Waals surface area contributed by atoms with Crippen LogP contribution in [0, 0.1) is 11.8 Å². The molecule has 1 amide bonds. The molecule has 0 unspecified atom stereocenters. The first kappa shape index (κ1) is 15.0. The van der Waals surface area contributed by atoms with E-state index >= 15 is 0 Å². The van der Waals surface area contributed by atoms with E-state index in [2.05, 4.69) is 5.32 Å². The van der Waals surface area contributed by atoms with Gasteiger partial charge in [-0.05, 0) is 31.1 Å². The summed E-state index contributed by atoms with van der Waals surface area (Å²) in [4.78, 5) is 22.6. The summed E-state index contributed by atoms with van der Waals surface area (Å²) in [7, 11) is 1.54. The van der Waals surface area contributed by atoms with Gasteiger partial charge >= 0.3 is 5.97 Å². The van der Waals surface area contributed by atoms with Crippen molar-refractivity contribution in [2.24, 2.45) is 11.8 Å². The van der Waals surface area contributed by atoms with Crippen LogP contribution < -0.4 is 5.32 Å². The van der Waals surface area contributed by atoms with Crippen LogP contribution in [0.25, 0.3) is 0 Å². The normalized spacial score (nSPS) is 18.4. The van der Waals surface area contributed by atoms with Gasteiger partial charge in [0.05, 0.1) is 0 Å².